The number of aliphatic hydroxyl groups is 1. The van der Waals surface area contributed by atoms with Gasteiger partial charge in [-0.25, -0.2) is 0 Å². The number of carbonyl (C=O) groups is 2. The number of rotatable bonds is 8. The van der Waals surface area contributed by atoms with E-state index in [1.165, 1.54) is 13.0 Å². The first-order valence-electron chi connectivity index (χ1n) is 13.2. The SMILES string of the molecule is CC(=O)O[C@@H](C)/C=C\C(=O)N[C@@H]1C[C@H](C)[C@H](C/C=C(C)/C=C/C2OC3(CC3)C[C@@]3(CO3)[C@@H]2O)O[C@@H]1C. The molecule has 2 N–H and O–H groups in total. The molecule has 4 rings (SSSR count). The lowest BCUT2D eigenvalue weighted by atomic mass is 9.87. The second-order valence-corrected chi connectivity index (χ2v) is 11.2. The summed E-state index contributed by atoms with van der Waals surface area (Å²) in [4.78, 5) is 23.3. The fourth-order valence-electron chi connectivity index (χ4n) is 5.37. The third-order valence-electron chi connectivity index (χ3n) is 7.82. The van der Waals surface area contributed by atoms with Crippen molar-refractivity contribution in [2.45, 2.75) is 114 Å². The van der Waals surface area contributed by atoms with Gasteiger partial charge in [0.25, 0.3) is 0 Å². The van der Waals surface area contributed by atoms with Crippen LogP contribution in [0.3, 0.4) is 0 Å². The molecular formula is C28H41NO7. The van der Waals surface area contributed by atoms with E-state index in [-0.39, 0.29) is 47.7 Å². The van der Waals surface area contributed by atoms with Gasteiger partial charge in [-0.2, -0.15) is 0 Å². The van der Waals surface area contributed by atoms with E-state index in [1.807, 2.05) is 26.0 Å². The average Bonchev–Trinajstić information content (AvgIpc) is 3.74. The maximum absolute atomic E-state index is 12.3. The molecule has 1 aliphatic carbocycles. The standard InChI is InChI=1S/C28H41NO7/c1-17(7-10-24-26(32)28(16-33-28)15-27(36-24)12-13-27)6-9-23-18(2)14-22(20(4)35-23)29-25(31)11-8-19(3)34-21(5)30/h6-8,10-11,18-20,22-24,26,32H,9,12-16H2,1-5H3,(H,29,31)/b10-7+,11-8-,17-6+/t18-,19-,20+,22+,23-,24?,26+,28+/m0/s1. The Kier molecular flexibility index (Phi) is 8.10. The molecule has 3 heterocycles. The number of amides is 1. The average molecular weight is 504 g/mol. The topological polar surface area (TPSA) is 107 Å². The summed E-state index contributed by atoms with van der Waals surface area (Å²) in [7, 11) is 0. The number of nitrogens with one attached hydrogen (secondary N) is 1. The summed E-state index contributed by atoms with van der Waals surface area (Å²) < 4.78 is 23.1. The van der Waals surface area contributed by atoms with Crippen LogP contribution in [0.2, 0.25) is 0 Å². The van der Waals surface area contributed by atoms with Crippen LogP contribution < -0.4 is 5.32 Å². The minimum absolute atomic E-state index is 0.0606. The lowest BCUT2D eigenvalue weighted by Crippen LogP contribution is -2.51. The molecule has 8 atom stereocenters. The molecule has 8 heteroatoms. The van der Waals surface area contributed by atoms with E-state index in [2.05, 4.69) is 18.3 Å². The number of aliphatic hydroxyl groups excluding tert-OH is 1. The molecule has 4 aliphatic rings. The fourth-order valence-corrected chi connectivity index (χ4v) is 5.37. The van der Waals surface area contributed by atoms with E-state index in [9.17, 15) is 14.7 Å². The van der Waals surface area contributed by atoms with Gasteiger partial charge in [0.2, 0.25) is 5.91 Å². The molecule has 36 heavy (non-hydrogen) atoms. The third-order valence-corrected chi connectivity index (χ3v) is 7.82. The van der Waals surface area contributed by atoms with Gasteiger partial charge in [-0.1, -0.05) is 30.7 Å². The Labute approximate surface area is 214 Å². The summed E-state index contributed by atoms with van der Waals surface area (Å²) in [5.41, 5.74) is 0.607. The molecule has 0 aromatic rings. The highest BCUT2D eigenvalue weighted by atomic mass is 16.6. The summed E-state index contributed by atoms with van der Waals surface area (Å²) in [5.74, 6) is -0.331. The first-order valence-corrected chi connectivity index (χ1v) is 13.2. The van der Waals surface area contributed by atoms with Crippen molar-refractivity contribution in [3.05, 3.63) is 36.0 Å². The zero-order valence-electron chi connectivity index (χ0n) is 22.1. The van der Waals surface area contributed by atoms with Crippen LogP contribution in [0, 0.1) is 5.92 Å². The Morgan fingerprint density at radius 2 is 1.94 bits per heavy atom. The number of hydrogen-bond acceptors (Lipinski definition) is 7. The van der Waals surface area contributed by atoms with Gasteiger partial charge >= 0.3 is 5.97 Å². The number of esters is 1. The largest absolute Gasteiger partial charge is 0.459 e. The van der Waals surface area contributed by atoms with Crippen LogP contribution in [0.25, 0.3) is 0 Å². The highest BCUT2D eigenvalue weighted by molar-refractivity contribution is 5.87. The van der Waals surface area contributed by atoms with Crippen molar-refractivity contribution in [3.63, 3.8) is 0 Å². The van der Waals surface area contributed by atoms with Crippen molar-refractivity contribution in [1.82, 2.24) is 5.32 Å². The van der Waals surface area contributed by atoms with E-state index < -0.39 is 17.8 Å². The van der Waals surface area contributed by atoms with Crippen LogP contribution >= 0.6 is 0 Å². The smallest absolute Gasteiger partial charge is 0.303 e. The van der Waals surface area contributed by atoms with Crippen molar-refractivity contribution in [2.24, 2.45) is 5.92 Å². The molecule has 1 unspecified atom stereocenters. The van der Waals surface area contributed by atoms with E-state index in [1.54, 1.807) is 13.0 Å². The van der Waals surface area contributed by atoms with Gasteiger partial charge in [0.05, 0.1) is 30.5 Å². The molecule has 0 aromatic carbocycles. The lowest BCUT2D eigenvalue weighted by molar-refractivity contribution is -0.145. The highest BCUT2D eigenvalue weighted by Crippen LogP contribution is 2.56. The van der Waals surface area contributed by atoms with E-state index in [0.717, 1.165) is 37.7 Å². The fraction of sp³-hybridized carbons (Fsp3) is 0.714. The Morgan fingerprint density at radius 3 is 2.58 bits per heavy atom. The zero-order valence-corrected chi connectivity index (χ0v) is 22.1. The molecule has 0 radical (unpaired) electrons. The Balaban J connectivity index is 1.25. The van der Waals surface area contributed by atoms with Gasteiger partial charge < -0.3 is 29.4 Å². The number of hydrogen-bond donors (Lipinski definition) is 2. The van der Waals surface area contributed by atoms with Crippen LogP contribution in [0.1, 0.15) is 66.7 Å². The maximum atomic E-state index is 12.3. The summed E-state index contributed by atoms with van der Waals surface area (Å²) in [6.07, 6.45) is 12.1. The maximum Gasteiger partial charge on any atom is 0.303 e. The second-order valence-electron chi connectivity index (χ2n) is 11.2. The van der Waals surface area contributed by atoms with E-state index in [4.69, 9.17) is 18.9 Å². The normalized spacial score (nSPS) is 38.4. The quantitative estimate of drug-likeness (QED) is 0.227. The van der Waals surface area contributed by atoms with Crippen LogP contribution in [-0.4, -0.2) is 71.4 Å². The second kappa shape index (κ2) is 10.8. The van der Waals surface area contributed by atoms with Gasteiger partial charge in [0.1, 0.15) is 23.9 Å². The van der Waals surface area contributed by atoms with Crippen LogP contribution in [0.15, 0.2) is 36.0 Å². The first-order chi connectivity index (χ1) is 17.0. The number of epoxide rings is 1. The molecule has 2 spiro atoms. The van der Waals surface area contributed by atoms with Gasteiger partial charge in [0, 0.05) is 19.4 Å². The van der Waals surface area contributed by atoms with E-state index >= 15 is 0 Å². The molecule has 1 saturated carbocycles. The molecular weight excluding hydrogens is 462 g/mol. The van der Waals surface area contributed by atoms with Gasteiger partial charge in [0.15, 0.2) is 0 Å². The van der Waals surface area contributed by atoms with Gasteiger partial charge in [-0.3, -0.25) is 9.59 Å². The highest BCUT2D eigenvalue weighted by Gasteiger charge is 2.65. The Morgan fingerprint density at radius 1 is 1.22 bits per heavy atom. The minimum atomic E-state index is -0.623. The summed E-state index contributed by atoms with van der Waals surface area (Å²) in [6.45, 7) is 9.85. The zero-order chi connectivity index (χ0) is 26.1. The van der Waals surface area contributed by atoms with Crippen LogP contribution in [0.4, 0.5) is 0 Å². The predicted molar refractivity (Wildman–Crippen MR) is 134 cm³/mol. The van der Waals surface area contributed by atoms with Crippen molar-refractivity contribution in [1.29, 1.82) is 0 Å². The number of allylic oxidation sites excluding steroid dienone is 2. The van der Waals surface area contributed by atoms with Crippen molar-refractivity contribution in [2.75, 3.05) is 6.61 Å². The molecule has 0 aromatic heterocycles. The molecule has 1 amide bonds. The number of carbonyl (C=O) groups excluding carboxylic acids is 2. The summed E-state index contributed by atoms with van der Waals surface area (Å²) in [5, 5.41) is 13.7. The van der Waals surface area contributed by atoms with Crippen molar-refractivity contribution in [3.8, 4) is 0 Å². The van der Waals surface area contributed by atoms with Crippen LogP contribution in [-0.2, 0) is 28.5 Å². The van der Waals surface area contributed by atoms with Crippen molar-refractivity contribution >= 4 is 11.9 Å². The van der Waals surface area contributed by atoms with Gasteiger partial charge in [-0.05, 0) is 58.4 Å². The molecule has 3 saturated heterocycles. The third kappa shape index (κ3) is 6.65. The monoisotopic (exact) mass is 503 g/mol. The molecule has 200 valence electrons. The lowest BCUT2D eigenvalue weighted by Gasteiger charge is -2.39. The summed E-state index contributed by atoms with van der Waals surface area (Å²) in [6, 6.07) is -0.0842. The predicted octanol–water partition coefficient (Wildman–Crippen LogP) is 3.14. The number of ether oxygens (including phenoxy) is 4. The first kappa shape index (κ1) is 27.0. The molecule has 3 aliphatic heterocycles. The van der Waals surface area contributed by atoms with E-state index in [0.29, 0.717) is 6.61 Å². The minimum Gasteiger partial charge on any atom is -0.459 e. The molecule has 4 fully saturated rings. The molecule has 0 bridgehead atoms. The molecule has 8 nitrogen and oxygen atoms in total. The Bertz CT molecular complexity index is 917. The van der Waals surface area contributed by atoms with Crippen LogP contribution in [0.5, 0.6) is 0 Å². The van der Waals surface area contributed by atoms with Crippen molar-refractivity contribution < 1.29 is 33.6 Å². The Hall–Kier alpha value is -2.00. The summed E-state index contributed by atoms with van der Waals surface area (Å²) >= 11 is 0. The van der Waals surface area contributed by atoms with Gasteiger partial charge in [-0.15, -0.1) is 0 Å².